The third-order valence-corrected chi connectivity index (χ3v) is 2.20. The molecule has 2 unspecified atom stereocenters. The minimum atomic E-state index is -0.579. The molecule has 1 rings (SSSR count). The third kappa shape index (κ3) is 3.50. The third-order valence-electron chi connectivity index (χ3n) is 2.20. The molecule has 1 heterocycles. The lowest BCUT2D eigenvalue weighted by Crippen LogP contribution is -2.30. The van der Waals surface area contributed by atoms with Crippen LogP contribution in [0.1, 0.15) is 34.1 Å². The Morgan fingerprint density at radius 2 is 1.92 bits per heavy atom. The zero-order chi connectivity index (χ0) is 8.85. The van der Waals surface area contributed by atoms with Crippen LogP contribution >= 0.6 is 0 Å². The van der Waals surface area contributed by atoms with Crippen molar-refractivity contribution in [3.8, 4) is 0 Å². The molecular weight excluding hydrogens is 157 g/mol. The summed E-state index contributed by atoms with van der Waals surface area (Å²) >= 11 is 0. The summed E-state index contributed by atoms with van der Waals surface area (Å²) in [7, 11) is 0. The van der Waals surface area contributed by atoms with E-state index in [4.69, 9.17) is 0 Å². The molecule has 0 saturated carbocycles. The summed E-state index contributed by atoms with van der Waals surface area (Å²) in [5.41, 5.74) is 0. The number of likely N-dealkylation sites (tertiary alicyclic amines) is 1. The number of halogens is 1. The van der Waals surface area contributed by atoms with E-state index in [1.54, 1.807) is 0 Å². The lowest BCUT2D eigenvalue weighted by molar-refractivity contribution is 0.216. The number of alkyl halides is 1. The molecule has 0 aliphatic carbocycles. The summed E-state index contributed by atoms with van der Waals surface area (Å²) in [5.74, 6) is 0. The first-order valence-electron chi connectivity index (χ1n) is 4.63. The van der Waals surface area contributed by atoms with E-state index < -0.39 is 6.17 Å². The van der Waals surface area contributed by atoms with Crippen LogP contribution < -0.4 is 0 Å². The molecule has 2 atom stereocenters. The number of rotatable bonds is 1. The van der Waals surface area contributed by atoms with Crippen LogP contribution in [0.2, 0.25) is 0 Å². The monoisotopic (exact) mass is 179 g/mol. The van der Waals surface area contributed by atoms with Crippen LogP contribution in [0.3, 0.4) is 0 Å². The lowest BCUT2D eigenvalue weighted by Gasteiger charge is -2.18. The SMILES string of the molecule is CC.CCN1CCC(F)C1C.O. The fourth-order valence-electron chi connectivity index (χ4n) is 1.41. The molecular formula is C9H22FNO. The minimum Gasteiger partial charge on any atom is -0.412 e. The number of nitrogens with zero attached hydrogens (tertiary/aromatic N) is 1. The molecule has 12 heavy (non-hydrogen) atoms. The summed E-state index contributed by atoms with van der Waals surface area (Å²) in [6.07, 6.45) is 0.152. The standard InChI is InChI=1S/C7H14FN.C2H6.H2O/c1-3-9-5-4-7(8)6(9)2;1-2;/h6-7H,3-5H2,1-2H3;1-2H3;1H2. The van der Waals surface area contributed by atoms with Gasteiger partial charge in [0.25, 0.3) is 0 Å². The normalized spacial score (nSPS) is 28.8. The molecule has 3 heteroatoms. The zero-order valence-corrected chi connectivity index (χ0v) is 8.60. The number of hydrogen-bond acceptors (Lipinski definition) is 1. The van der Waals surface area contributed by atoms with Gasteiger partial charge in [0, 0.05) is 12.6 Å². The second-order valence-corrected chi connectivity index (χ2v) is 2.67. The summed E-state index contributed by atoms with van der Waals surface area (Å²) in [6, 6.07) is 0.162. The van der Waals surface area contributed by atoms with Gasteiger partial charge >= 0.3 is 0 Å². The summed E-state index contributed by atoms with van der Waals surface area (Å²) < 4.78 is 12.7. The minimum absolute atomic E-state index is 0. The Labute approximate surface area is 75.1 Å². The van der Waals surface area contributed by atoms with E-state index in [0.717, 1.165) is 19.5 Å². The van der Waals surface area contributed by atoms with Gasteiger partial charge in [0.15, 0.2) is 0 Å². The summed E-state index contributed by atoms with van der Waals surface area (Å²) in [4.78, 5) is 2.17. The predicted octanol–water partition coefficient (Wildman–Crippen LogP) is 1.64. The first-order chi connectivity index (χ1) is 5.25. The maximum Gasteiger partial charge on any atom is 0.116 e. The van der Waals surface area contributed by atoms with Crippen molar-refractivity contribution in [3.05, 3.63) is 0 Å². The topological polar surface area (TPSA) is 34.7 Å². The maximum absolute atomic E-state index is 12.7. The van der Waals surface area contributed by atoms with Gasteiger partial charge in [-0.05, 0) is 19.9 Å². The molecule has 1 aliphatic rings. The van der Waals surface area contributed by atoms with Crippen LogP contribution in [0.15, 0.2) is 0 Å². The van der Waals surface area contributed by atoms with Crippen LogP contribution in [-0.2, 0) is 0 Å². The second-order valence-electron chi connectivity index (χ2n) is 2.67. The quantitative estimate of drug-likeness (QED) is 0.602. The van der Waals surface area contributed by atoms with Crippen molar-refractivity contribution in [1.82, 2.24) is 4.90 Å². The lowest BCUT2D eigenvalue weighted by atomic mass is 10.2. The molecule has 1 aliphatic heterocycles. The van der Waals surface area contributed by atoms with Crippen molar-refractivity contribution < 1.29 is 9.87 Å². The van der Waals surface area contributed by atoms with Crippen molar-refractivity contribution in [1.29, 1.82) is 0 Å². The van der Waals surface area contributed by atoms with Crippen molar-refractivity contribution in [2.45, 2.75) is 46.3 Å². The van der Waals surface area contributed by atoms with Crippen molar-refractivity contribution in [3.63, 3.8) is 0 Å². The molecule has 0 spiro atoms. The highest BCUT2D eigenvalue weighted by Crippen LogP contribution is 2.19. The first-order valence-corrected chi connectivity index (χ1v) is 4.63. The molecule has 0 amide bonds. The maximum atomic E-state index is 12.7. The Bertz CT molecular complexity index is 101. The van der Waals surface area contributed by atoms with Gasteiger partial charge in [-0.2, -0.15) is 0 Å². The molecule has 0 aromatic heterocycles. The average molecular weight is 179 g/mol. The molecule has 2 nitrogen and oxygen atoms in total. The Balaban J connectivity index is 0. The van der Waals surface area contributed by atoms with Gasteiger partial charge in [-0.25, -0.2) is 4.39 Å². The van der Waals surface area contributed by atoms with E-state index in [2.05, 4.69) is 11.8 Å². The molecule has 0 radical (unpaired) electrons. The van der Waals surface area contributed by atoms with Gasteiger partial charge in [-0.1, -0.05) is 20.8 Å². The van der Waals surface area contributed by atoms with Crippen LogP contribution in [0.4, 0.5) is 4.39 Å². The molecule has 0 aromatic carbocycles. The van der Waals surface area contributed by atoms with E-state index in [0.29, 0.717) is 0 Å². The van der Waals surface area contributed by atoms with Crippen molar-refractivity contribution in [2.24, 2.45) is 0 Å². The van der Waals surface area contributed by atoms with E-state index in [1.165, 1.54) is 0 Å². The highest BCUT2D eigenvalue weighted by molar-refractivity contribution is 4.82. The van der Waals surface area contributed by atoms with Gasteiger partial charge in [-0.15, -0.1) is 0 Å². The summed E-state index contributed by atoms with van der Waals surface area (Å²) in [6.45, 7) is 9.97. The van der Waals surface area contributed by atoms with Gasteiger partial charge < -0.3 is 5.48 Å². The van der Waals surface area contributed by atoms with Gasteiger partial charge in [0.2, 0.25) is 0 Å². The van der Waals surface area contributed by atoms with E-state index in [9.17, 15) is 4.39 Å². The fourth-order valence-corrected chi connectivity index (χ4v) is 1.41. The number of hydrogen-bond donors (Lipinski definition) is 0. The van der Waals surface area contributed by atoms with Gasteiger partial charge in [-0.3, -0.25) is 4.90 Å². The largest absolute Gasteiger partial charge is 0.412 e. The molecule has 76 valence electrons. The smallest absolute Gasteiger partial charge is 0.116 e. The molecule has 0 aromatic rings. The molecule has 1 fully saturated rings. The van der Waals surface area contributed by atoms with E-state index in [1.807, 2.05) is 20.8 Å². The van der Waals surface area contributed by atoms with Crippen LogP contribution in [0.5, 0.6) is 0 Å². The Morgan fingerprint density at radius 3 is 2.08 bits per heavy atom. The van der Waals surface area contributed by atoms with Crippen LogP contribution in [0, 0.1) is 0 Å². The average Bonchev–Trinajstić information content (AvgIpc) is 2.37. The molecule has 1 saturated heterocycles. The predicted molar refractivity (Wildman–Crippen MR) is 51.2 cm³/mol. The van der Waals surface area contributed by atoms with Crippen LogP contribution in [0.25, 0.3) is 0 Å². The van der Waals surface area contributed by atoms with E-state index in [-0.39, 0.29) is 11.5 Å². The summed E-state index contributed by atoms with van der Waals surface area (Å²) in [5, 5.41) is 0. The zero-order valence-electron chi connectivity index (χ0n) is 8.60. The van der Waals surface area contributed by atoms with Crippen molar-refractivity contribution >= 4 is 0 Å². The first kappa shape index (κ1) is 14.4. The Hall–Kier alpha value is -0.150. The Kier molecular flexibility index (Phi) is 8.98. The highest BCUT2D eigenvalue weighted by atomic mass is 19.1. The van der Waals surface area contributed by atoms with Crippen LogP contribution in [-0.4, -0.2) is 35.7 Å². The fraction of sp³-hybridized carbons (Fsp3) is 1.00. The molecule has 0 bridgehead atoms. The van der Waals surface area contributed by atoms with E-state index >= 15 is 0 Å². The second kappa shape index (κ2) is 7.50. The van der Waals surface area contributed by atoms with Gasteiger partial charge in [0.1, 0.15) is 6.17 Å². The van der Waals surface area contributed by atoms with Crippen molar-refractivity contribution in [2.75, 3.05) is 13.1 Å². The highest BCUT2D eigenvalue weighted by Gasteiger charge is 2.28. The van der Waals surface area contributed by atoms with Gasteiger partial charge in [0.05, 0.1) is 0 Å². The Morgan fingerprint density at radius 1 is 1.42 bits per heavy atom. The molecule has 2 N–H and O–H groups in total.